The van der Waals surface area contributed by atoms with E-state index in [2.05, 4.69) is 22.9 Å². The first-order chi connectivity index (χ1) is 3.43. The first kappa shape index (κ1) is 4.23. The molecule has 0 saturated carbocycles. The third-order valence-corrected chi connectivity index (χ3v) is 0.500. The molecule has 0 aliphatic rings. The van der Waals surface area contributed by atoms with Crippen LogP contribution >= 0.6 is 0 Å². The predicted octanol–water partition coefficient (Wildman–Crippen LogP) is -0.195. The average molecular weight is 99.1 g/mol. The summed E-state index contributed by atoms with van der Waals surface area (Å²) in [5.74, 6) is 0. The van der Waals surface area contributed by atoms with Crippen LogP contribution < -0.4 is 0 Å². The Morgan fingerprint density at radius 3 is 2.29 bits per heavy atom. The van der Waals surface area contributed by atoms with Crippen LogP contribution in [0.3, 0.4) is 0 Å². The van der Waals surface area contributed by atoms with E-state index in [1.54, 1.807) is 0 Å². The minimum absolute atomic E-state index is 0.660. The fourth-order valence-corrected chi connectivity index (χ4v) is 0.229. The second-order valence-electron chi connectivity index (χ2n) is 0.948. The van der Waals surface area contributed by atoms with Gasteiger partial charge in [0.05, 0.1) is 0 Å². The van der Waals surface area contributed by atoms with Crippen molar-refractivity contribution in [1.29, 1.82) is 0 Å². The molecule has 0 N–H and O–H groups in total. The Labute approximate surface area is 39.8 Å². The lowest BCUT2D eigenvalue weighted by Crippen LogP contribution is -1.86. The number of hydrogen-bond acceptors (Lipinski definition) is 2. The van der Waals surface area contributed by atoms with Gasteiger partial charge in [0.1, 0.15) is 0 Å². The van der Waals surface area contributed by atoms with Gasteiger partial charge in [0.2, 0.25) is 12.7 Å². The largest absolute Gasteiger partial charge is 0.272 e. The number of halogens is 1. The van der Waals surface area contributed by atoms with Gasteiger partial charge >= 0.3 is 0 Å². The van der Waals surface area contributed by atoms with Crippen molar-refractivity contribution >= 4 is 0 Å². The summed E-state index contributed by atoms with van der Waals surface area (Å²) in [5.41, 5.74) is 0. The Kier molecular flexibility index (Phi) is 1.02. The number of alkyl halides is 1. The van der Waals surface area contributed by atoms with Gasteiger partial charge in [-0.3, -0.25) is 4.57 Å². The standard InChI is InChI=1S/C3H2FN3/c4-1-7-2-5-6-3-7/h1H2. The molecule has 7 heavy (non-hydrogen) atoms. The monoisotopic (exact) mass is 99.0 g/mol. The van der Waals surface area contributed by atoms with Gasteiger partial charge in [-0.25, -0.2) is 4.39 Å². The first-order valence-corrected chi connectivity index (χ1v) is 1.68. The lowest BCUT2D eigenvalue weighted by molar-refractivity contribution is 0.373. The average Bonchev–Trinajstić information content (AvgIpc) is 2.14. The van der Waals surface area contributed by atoms with Gasteiger partial charge in [0.25, 0.3) is 0 Å². The molecule has 0 unspecified atom stereocenters. The lowest BCUT2D eigenvalue weighted by Gasteiger charge is -1.79. The molecule has 36 valence electrons. The topological polar surface area (TPSA) is 30.7 Å². The van der Waals surface area contributed by atoms with E-state index in [4.69, 9.17) is 0 Å². The Morgan fingerprint density at radius 2 is 2.00 bits per heavy atom. The minimum atomic E-state index is -0.660. The van der Waals surface area contributed by atoms with Gasteiger partial charge in [-0.1, -0.05) is 0 Å². The Balaban J connectivity index is 2.76. The summed E-state index contributed by atoms with van der Waals surface area (Å²) in [7, 11) is 0. The van der Waals surface area contributed by atoms with Crippen molar-refractivity contribution < 1.29 is 4.39 Å². The van der Waals surface area contributed by atoms with Crippen molar-refractivity contribution in [2.45, 2.75) is 6.80 Å². The summed E-state index contributed by atoms with van der Waals surface area (Å²) in [4.78, 5) is 0. The summed E-state index contributed by atoms with van der Waals surface area (Å²) in [6.45, 7) is -0.660. The molecular formula is C3H2FN3. The van der Waals surface area contributed by atoms with E-state index in [0.29, 0.717) is 0 Å². The van der Waals surface area contributed by atoms with Crippen molar-refractivity contribution in [3.05, 3.63) is 12.7 Å². The van der Waals surface area contributed by atoms with Crippen LogP contribution in [0, 0.1) is 12.7 Å². The SMILES string of the molecule is FCn1[c]nn[c]1. The number of rotatable bonds is 1. The summed E-state index contributed by atoms with van der Waals surface area (Å²) in [6, 6.07) is 0. The molecule has 0 saturated heterocycles. The van der Waals surface area contributed by atoms with Gasteiger partial charge in [0, 0.05) is 0 Å². The van der Waals surface area contributed by atoms with Crippen LogP contribution in [-0.2, 0) is 6.80 Å². The lowest BCUT2D eigenvalue weighted by atomic mass is 11.1. The molecule has 0 bridgehead atoms. The van der Waals surface area contributed by atoms with E-state index in [1.807, 2.05) is 0 Å². The van der Waals surface area contributed by atoms with Crippen molar-refractivity contribution in [1.82, 2.24) is 14.8 Å². The highest BCUT2D eigenvalue weighted by Gasteiger charge is 1.84. The molecule has 4 heteroatoms. The molecule has 0 aliphatic heterocycles. The van der Waals surface area contributed by atoms with Crippen LogP contribution in [0.5, 0.6) is 0 Å². The molecule has 0 fully saturated rings. The fourth-order valence-electron chi connectivity index (χ4n) is 0.229. The maximum absolute atomic E-state index is 11.4. The zero-order valence-electron chi connectivity index (χ0n) is 3.43. The molecule has 1 rings (SSSR count). The molecule has 2 radical (unpaired) electrons. The van der Waals surface area contributed by atoms with Gasteiger partial charge in [0.15, 0.2) is 6.80 Å². The highest BCUT2D eigenvalue weighted by atomic mass is 19.1. The highest BCUT2D eigenvalue weighted by Crippen LogP contribution is 1.77. The van der Waals surface area contributed by atoms with Crippen LogP contribution in [0.15, 0.2) is 0 Å². The fraction of sp³-hybridized carbons (Fsp3) is 0.333. The van der Waals surface area contributed by atoms with E-state index in [-0.39, 0.29) is 0 Å². The molecule has 0 aromatic carbocycles. The van der Waals surface area contributed by atoms with Crippen LogP contribution in [0.1, 0.15) is 0 Å². The van der Waals surface area contributed by atoms with Crippen molar-refractivity contribution in [3.8, 4) is 0 Å². The maximum atomic E-state index is 11.4. The van der Waals surface area contributed by atoms with Crippen molar-refractivity contribution in [2.24, 2.45) is 0 Å². The Morgan fingerprint density at radius 1 is 1.43 bits per heavy atom. The third-order valence-electron chi connectivity index (χ3n) is 0.500. The molecule has 0 aliphatic carbocycles. The summed E-state index contributed by atoms with van der Waals surface area (Å²) in [5, 5.41) is 6.37. The van der Waals surface area contributed by atoms with E-state index in [9.17, 15) is 4.39 Å². The number of nitrogens with zero attached hydrogens (tertiary/aromatic N) is 3. The second kappa shape index (κ2) is 1.68. The summed E-state index contributed by atoms with van der Waals surface area (Å²) < 4.78 is 12.4. The van der Waals surface area contributed by atoms with Crippen LogP contribution in [0.4, 0.5) is 4.39 Å². The van der Waals surface area contributed by atoms with E-state index in [1.165, 1.54) is 0 Å². The number of aromatic nitrogens is 3. The normalized spacial score (nSPS) is 9.29. The molecule has 1 aromatic heterocycles. The quantitative estimate of drug-likeness (QED) is 0.488. The van der Waals surface area contributed by atoms with E-state index < -0.39 is 6.80 Å². The molecule has 0 amide bonds. The van der Waals surface area contributed by atoms with Gasteiger partial charge < -0.3 is 0 Å². The van der Waals surface area contributed by atoms with Crippen molar-refractivity contribution in [2.75, 3.05) is 0 Å². The smallest absolute Gasteiger partial charge is 0.204 e. The molecule has 1 heterocycles. The van der Waals surface area contributed by atoms with Crippen molar-refractivity contribution in [3.63, 3.8) is 0 Å². The van der Waals surface area contributed by atoms with Crippen LogP contribution in [0.2, 0.25) is 0 Å². The molecule has 1 aromatic rings. The minimum Gasteiger partial charge on any atom is -0.272 e. The molecule has 0 spiro atoms. The Bertz CT molecular complexity index is 125. The zero-order valence-corrected chi connectivity index (χ0v) is 3.43. The summed E-state index contributed by atoms with van der Waals surface area (Å²) >= 11 is 0. The van der Waals surface area contributed by atoms with Gasteiger partial charge in [-0.2, -0.15) is 0 Å². The molecule has 0 atom stereocenters. The Hall–Kier alpha value is -0.930. The maximum Gasteiger partial charge on any atom is 0.204 e. The highest BCUT2D eigenvalue weighted by molar-refractivity contribution is 4.49. The number of hydrogen-bond donors (Lipinski definition) is 0. The van der Waals surface area contributed by atoms with E-state index >= 15 is 0 Å². The second-order valence-corrected chi connectivity index (χ2v) is 0.948. The van der Waals surface area contributed by atoms with Gasteiger partial charge in [-0.05, 0) is 0 Å². The summed E-state index contributed by atoms with van der Waals surface area (Å²) in [6.07, 6.45) is 4.42. The van der Waals surface area contributed by atoms with Crippen LogP contribution in [-0.4, -0.2) is 14.8 Å². The first-order valence-electron chi connectivity index (χ1n) is 1.68. The predicted molar refractivity (Wildman–Crippen MR) is 18.8 cm³/mol. The van der Waals surface area contributed by atoms with E-state index in [0.717, 1.165) is 4.57 Å². The van der Waals surface area contributed by atoms with Gasteiger partial charge in [-0.15, -0.1) is 10.2 Å². The zero-order chi connectivity index (χ0) is 5.11. The molecular weight excluding hydrogens is 97.1 g/mol. The molecule has 3 nitrogen and oxygen atoms in total. The van der Waals surface area contributed by atoms with Crippen LogP contribution in [0.25, 0.3) is 0 Å². The third kappa shape index (κ3) is 0.734.